The Bertz CT molecular complexity index is 643. The zero-order chi connectivity index (χ0) is 16.6. The van der Waals surface area contributed by atoms with Gasteiger partial charge in [0, 0.05) is 12.8 Å². The topological polar surface area (TPSA) is 84.9 Å². The number of imide groups is 1. The Balaban J connectivity index is 1.50. The molecule has 8 heteroatoms. The zero-order valence-electron chi connectivity index (χ0n) is 12.1. The van der Waals surface area contributed by atoms with Gasteiger partial charge in [0.05, 0.1) is 17.2 Å². The maximum atomic E-state index is 12.8. The molecule has 23 heavy (non-hydrogen) atoms. The molecule has 1 heterocycles. The van der Waals surface area contributed by atoms with Crippen LogP contribution in [0.5, 0.6) is 5.75 Å². The number of halogens is 2. The summed E-state index contributed by atoms with van der Waals surface area (Å²) in [6.45, 7) is -2.06. The minimum absolute atomic E-state index is 0.194. The van der Waals surface area contributed by atoms with Crippen LogP contribution >= 0.6 is 0 Å². The van der Waals surface area contributed by atoms with Gasteiger partial charge in [-0.3, -0.25) is 14.9 Å². The summed E-state index contributed by atoms with van der Waals surface area (Å²) in [4.78, 5) is 23.0. The van der Waals surface area contributed by atoms with E-state index in [-0.39, 0.29) is 17.8 Å². The van der Waals surface area contributed by atoms with Gasteiger partial charge in [-0.25, -0.2) is 8.78 Å². The van der Waals surface area contributed by atoms with Crippen LogP contribution in [0, 0.1) is 0 Å². The molecule has 1 aromatic rings. The van der Waals surface area contributed by atoms with Gasteiger partial charge in [0.25, 0.3) is 17.7 Å². The Labute approximate surface area is 130 Å². The number of ether oxygens (including phenoxy) is 2. The number of hydrogen-bond donors (Lipinski definition) is 2. The zero-order valence-corrected chi connectivity index (χ0v) is 12.1. The molecule has 1 aliphatic heterocycles. The summed E-state index contributed by atoms with van der Waals surface area (Å²) in [7, 11) is 0. The lowest BCUT2D eigenvalue weighted by atomic mass is 9.92. The predicted octanol–water partition coefficient (Wildman–Crippen LogP) is 1.12. The van der Waals surface area contributed by atoms with Gasteiger partial charge < -0.3 is 14.6 Å². The molecule has 2 aliphatic rings. The van der Waals surface area contributed by atoms with E-state index < -0.39 is 31.0 Å². The Morgan fingerprint density at radius 2 is 1.87 bits per heavy atom. The number of carbonyl (C=O) groups excluding carboxylic acids is 2. The van der Waals surface area contributed by atoms with E-state index in [2.05, 4.69) is 5.32 Å². The van der Waals surface area contributed by atoms with E-state index in [0.29, 0.717) is 24.2 Å². The van der Waals surface area contributed by atoms with Crippen LogP contribution in [0.1, 0.15) is 33.6 Å². The van der Waals surface area contributed by atoms with E-state index in [9.17, 15) is 18.4 Å². The molecule has 0 atom stereocenters. The molecular weight excluding hydrogens is 312 g/mol. The first-order valence-electron chi connectivity index (χ1n) is 7.14. The van der Waals surface area contributed by atoms with Crippen molar-refractivity contribution >= 4 is 11.8 Å². The third-order valence-electron chi connectivity index (χ3n) is 3.82. The van der Waals surface area contributed by atoms with Crippen molar-refractivity contribution < 1.29 is 33.0 Å². The average Bonchev–Trinajstić information content (AvgIpc) is 2.76. The maximum absolute atomic E-state index is 12.8. The molecule has 0 radical (unpaired) electrons. The van der Waals surface area contributed by atoms with Crippen LogP contribution in [0.25, 0.3) is 0 Å². The van der Waals surface area contributed by atoms with E-state index in [1.165, 1.54) is 12.1 Å². The summed E-state index contributed by atoms with van der Waals surface area (Å²) < 4.78 is 36.3. The Hall–Kier alpha value is -2.06. The number of nitrogens with one attached hydrogen (secondary N) is 1. The second kappa shape index (κ2) is 5.86. The van der Waals surface area contributed by atoms with E-state index in [4.69, 9.17) is 14.6 Å². The summed E-state index contributed by atoms with van der Waals surface area (Å²) in [5.74, 6) is -3.68. The van der Waals surface area contributed by atoms with Crippen molar-refractivity contribution in [2.45, 2.75) is 31.0 Å². The number of aliphatic hydroxyl groups excluding tert-OH is 1. The number of amides is 2. The van der Waals surface area contributed by atoms with E-state index >= 15 is 0 Å². The maximum Gasteiger partial charge on any atom is 0.293 e. The Kier molecular flexibility index (Phi) is 4.03. The third-order valence-corrected chi connectivity index (χ3v) is 3.82. The number of benzene rings is 1. The van der Waals surface area contributed by atoms with Crippen LogP contribution in [0.4, 0.5) is 8.78 Å². The second-order valence-electron chi connectivity index (χ2n) is 5.65. The van der Waals surface area contributed by atoms with Crippen molar-refractivity contribution in [1.29, 1.82) is 0 Å². The second-order valence-corrected chi connectivity index (χ2v) is 5.65. The molecule has 0 spiro atoms. The molecule has 2 amide bonds. The highest BCUT2D eigenvalue weighted by molar-refractivity contribution is 6.21. The Morgan fingerprint density at radius 1 is 1.17 bits per heavy atom. The van der Waals surface area contributed by atoms with Gasteiger partial charge in [-0.15, -0.1) is 0 Å². The predicted molar refractivity (Wildman–Crippen MR) is 73.7 cm³/mol. The number of fused-ring (bicyclic) bond motifs is 1. The summed E-state index contributed by atoms with van der Waals surface area (Å²) in [6.07, 6.45) is 0.366. The van der Waals surface area contributed by atoms with Crippen LogP contribution in [0.3, 0.4) is 0 Å². The molecule has 1 saturated carbocycles. The number of hydrogen-bond acceptors (Lipinski definition) is 5. The molecular formula is C15H15F2NO5. The molecule has 2 N–H and O–H groups in total. The minimum atomic E-state index is -3.23. The fraction of sp³-hybridized carbons (Fsp3) is 0.467. The molecule has 0 bridgehead atoms. The van der Waals surface area contributed by atoms with Crippen LogP contribution in [0.15, 0.2) is 18.2 Å². The van der Waals surface area contributed by atoms with Gasteiger partial charge in [0.15, 0.2) is 0 Å². The van der Waals surface area contributed by atoms with Crippen molar-refractivity contribution in [2.75, 3.05) is 13.2 Å². The minimum Gasteiger partial charge on any atom is -0.490 e. The normalized spacial score (nSPS) is 23.3. The number of carbonyl (C=O) groups is 2. The summed E-state index contributed by atoms with van der Waals surface area (Å²) in [6, 6.07) is 4.59. The summed E-state index contributed by atoms with van der Waals surface area (Å²) in [5, 5.41) is 10.6. The highest BCUT2D eigenvalue weighted by Crippen LogP contribution is 2.31. The monoisotopic (exact) mass is 327 g/mol. The molecule has 0 aromatic heterocycles. The van der Waals surface area contributed by atoms with Crippen molar-refractivity contribution in [3.8, 4) is 5.75 Å². The quantitative estimate of drug-likeness (QED) is 0.765. The van der Waals surface area contributed by atoms with Crippen molar-refractivity contribution in [3.63, 3.8) is 0 Å². The standard InChI is InChI=1S/C15H15F2NO5/c16-15(17,6-19)7-22-9-3-10(4-9)23-8-1-2-11-12(5-8)14(21)18-13(11)20/h1-2,5,9-10,19H,3-4,6-7H2,(H,18,20,21). The Morgan fingerprint density at radius 3 is 2.57 bits per heavy atom. The largest absolute Gasteiger partial charge is 0.490 e. The third kappa shape index (κ3) is 3.32. The van der Waals surface area contributed by atoms with Crippen molar-refractivity contribution in [1.82, 2.24) is 5.32 Å². The SMILES string of the molecule is O=C1NC(=O)c2cc(OC3CC(OCC(F)(F)CO)C3)ccc21. The van der Waals surface area contributed by atoms with Crippen molar-refractivity contribution in [2.24, 2.45) is 0 Å². The molecule has 0 saturated heterocycles. The molecule has 1 aliphatic carbocycles. The molecule has 124 valence electrons. The number of rotatable bonds is 6. The fourth-order valence-corrected chi connectivity index (χ4v) is 2.45. The highest BCUT2D eigenvalue weighted by atomic mass is 19.3. The van der Waals surface area contributed by atoms with Gasteiger partial charge in [0.2, 0.25) is 0 Å². The van der Waals surface area contributed by atoms with Crippen LogP contribution in [-0.2, 0) is 4.74 Å². The lowest BCUT2D eigenvalue weighted by molar-refractivity contribution is -0.150. The van der Waals surface area contributed by atoms with E-state index in [1.54, 1.807) is 6.07 Å². The smallest absolute Gasteiger partial charge is 0.293 e. The van der Waals surface area contributed by atoms with Crippen LogP contribution in [0.2, 0.25) is 0 Å². The van der Waals surface area contributed by atoms with Crippen LogP contribution < -0.4 is 10.1 Å². The summed E-state index contributed by atoms with van der Waals surface area (Å²) >= 11 is 0. The van der Waals surface area contributed by atoms with Crippen LogP contribution in [-0.4, -0.2) is 48.3 Å². The first-order chi connectivity index (χ1) is 10.9. The number of aliphatic hydroxyl groups is 1. The lowest BCUT2D eigenvalue weighted by Crippen LogP contribution is -2.42. The lowest BCUT2D eigenvalue weighted by Gasteiger charge is -2.35. The molecule has 1 aromatic carbocycles. The van der Waals surface area contributed by atoms with Gasteiger partial charge in [-0.2, -0.15) is 0 Å². The van der Waals surface area contributed by atoms with Gasteiger partial charge in [0.1, 0.15) is 25.1 Å². The fourth-order valence-electron chi connectivity index (χ4n) is 2.45. The molecule has 1 fully saturated rings. The highest BCUT2D eigenvalue weighted by Gasteiger charge is 2.36. The van der Waals surface area contributed by atoms with Crippen molar-refractivity contribution in [3.05, 3.63) is 29.3 Å². The van der Waals surface area contributed by atoms with Gasteiger partial charge in [-0.05, 0) is 18.2 Å². The average molecular weight is 327 g/mol. The molecule has 6 nitrogen and oxygen atoms in total. The van der Waals surface area contributed by atoms with E-state index in [1.807, 2.05) is 0 Å². The summed E-state index contributed by atoms with van der Waals surface area (Å²) in [5.41, 5.74) is 0.575. The molecule has 0 unspecified atom stereocenters. The van der Waals surface area contributed by atoms with Gasteiger partial charge >= 0.3 is 0 Å². The first-order valence-corrected chi connectivity index (χ1v) is 7.14. The number of alkyl halides is 2. The van der Waals surface area contributed by atoms with E-state index in [0.717, 1.165) is 0 Å². The first kappa shape index (κ1) is 15.8. The molecule has 3 rings (SSSR count). The van der Waals surface area contributed by atoms with Gasteiger partial charge in [-0.1, -0.05) is 0 Å².